The van der Waals surface area contributed by atoms with Gasteiger partial charge in [-0.3, -0.25) is 4.72 Å². The molecule has 0 aliphatic heterocycles. The normalized spacial score (nSPS) is 11.4. The average Bonchev–Trinajstić information content (AvgIpc) is 2.86. The number of sulfonamides is 1. The van der Waals surface area contributed by atoms with Crippen LogP contribution in [0.15, 0.2) is 27.1 Å². The lowest BCUT2D eigenvalue weighted by atomic mass is 10.3. The Morgan fingerprint density at radius 2 is 2.11 bits per heavy atom. The van der Waals surface area contributed by atoms with Gasteiger partial charge in [0.05, 0.1) is 5.69 Å². The third kappa shape index (κ3) is 2.40. The van der Waals surface area contributed by atoms with Crippen LogP contribution in [0, 0.1) is 6.92 Å². The fraction of sp³-hybridized carbons (Fsp3) is 0.100. The van der Waals surface area contributed by atoms with E-state index < -0.39 is 16.0 Å². The molecule has 0 unspecified atom stereocenters. The van der Waals surface area contributed by atoms with Crippen molar-refractivity contribution in [2.45, 2.75) is 11.8 Å². The van der Waals surface area contributed by atoms with E-state index in [0.29, 0.717) is 11.3 Å². The molecule has 0 atom stereocenters. The summed E-state index contributed by atoms with van der Waals surface area (Å²) < 4.78 is 26.6. The van der Waals surface area contributed by atoms with Gasteiger partial charge in [0.1, 0.15) is 9.77 Å². The maximum atomic E-state index is 12.1. The largest absolute Gasteiger partial charge is 0.477 e. The third-order valence-corrected chi connectivity index (χ3v) is 5.62. The van der Waals surface area contributed by atoms with E-state index in [1.165, 1.54) is 16.7 Å². The second kappa shape index (κ2) is 4.71. The minimum absolute atomic E-state index is 0.161. The number of rotatable bonds is 4. The van der Waals surface area contributed by atoms with E-state index in [0.717, 1.165) is 11.3 Å². The van der Waals surface area contributed by atoms with Crippen LogP contribution >= 0.6 is 22.7 Å². The van der Waals surface area contributed by atoms with Gasteiger partial charge in [0.2, 0.25) is 0 Å². The number of hydrogen-bond donors (Lipinski definition) is 2. The van der Waals surface area contributed by atoms with Crippen LogP contribution in [0.3, 0.4) is 0 Å². The topological polar surface area (TPSA) is 83.5 Å². The molecule has 5 nitrogen and oxygen atoms in total. The Labute approximate surface area is 112 Å². The molecule has 0 aliphatic rings. The van der Waals surface area contributed by atoms with Crippen molar-refractivity contribution in [3.63, 3.8) is 0 Å². The van der Waals surface area contributed by atoms with Gasteiger partial charge in [-0.15, -0.1) is 11.3 Å². The van der Waals surface area contributed by atoms with Crippen LogP contribution in [0.25, 0.3) is 0 Å². The quantitative estimate of drug-likeness (QED) is 0.909. The first-order chi connectivity index (χ1) is 8.42. The molecule has 0 bridgehead atoms. The van der Waals surface area contributed by atoms with Crippen LogP contribution < -0.4 is 4.72 Å². The molecule has 0 radical (unpaired) electrons. The van der Waals surface area contributed by atoms with Crippen molar-refractivity contribution < 1.29 is 18.3 Å². The van der Waals surface area contributed by atoms with Gasteiger partial charge in [-0.1, -0.05) is 0 Å². The van der Waals surface area contributed by atoms with E-state index >= 15 is 0 Å². The van der Waals surface area contributed by atoms with Gasteiger partial charge in [0.15, 0.2) is 0 Å². The standard InChI is InChI=1S/C10H9NO4S3/c1-6-4-17-8(10(12)13)9(6)18(14,15)11-7-2-3-16-5-7/h2-5,11H,1H3,(H,12,13). The lowest BCUT2D eigenvalue weighted by Crippen LogP contribution is -2.15. The highest BCUT2D eigenvalue weighted by atomic mass is 32.2. The lowest BCUT2D eigenvalue weighted by molar-refractivity contribution is 0.0698. The SMILES string of the molecule is Cc1csc(C(=O)O)c1S(=O)(=O)Nc1ccsc1. The lowest BCUT2D eigenvalue weighted by Gasteiger charge is -2.07. The molecule has 2 rings (SSSR count). The molecular weight excluding hydrogens is 294 g/mol. The molecule has 96 valence electrons. The zero-order chi connectivity index (χ0) is 13.3. The molecule has 0 aromatic carbocycles. The number of aryl methyl sites for hydroxylation is 1. The fourth-order valence-electron chi connectivity index (χ4n) is 1.44. The molecule has 0 fully saturated rings. The number of carbonyl (C=O) groups is 1. The van der Waals surface area contributed by atoms with Crippen LogP contribution in [0.5, 0.6) is 0 Å². The number of hydrogen-bond acceptors (Lipinski definition) is 5. The summed E-state index contributed by atoms with van der Waals surface area (Å²) >= 11 is 2.26. The Morgan fingerprint density at radius 1 is 1.39 bits per heavy atom. The summed E-state index contributed by atoms with van der Waals surface area (Å²) in [4.78, 5) is 10.7. The molecule has 18 heavy (non-hydrogen) atoms. The molecule has 0 aliphatic carbocycles. The first kappa shape index (κ1) is 13.1. The molecule has 2 N–H and O–H groups in total. The van der Waals surface area contributed by atoms with Gasteiger partial charge in [-0.05, 0) is 29.3 Å². The van der Waals surface area contributed by atoms with E-state index in [-0.39, 0.29) is 9.77 Å². The van der Waals surface area contributed by atoms with Crippen molar-refractivity contribution in [2.75, 3.05) is 4.72 Å². The number of anilines is 1. The van der Waals surface area contributed by atoms with Crippen LogP contribution in [-0.2, 0) is 10.0 Å². The zero-order valence-electron chi connectivity index (χ0n) is 9.21. The average molecular weight is 303 g/mol. The van der Waals surface area contributed by atoms with Crippen LogP contribution in [0.4, 0.5) is 5.69 Å². The maximum Gasteiger partial charge on any atom is 0.347 e. The zero-order valence-corrected chi connectivity index (χ0v) is 11.7. The Balaban J connectivity index is 2.47. The Kier molecular flexibility index (Phi) is 3.42. The predicted molar refractivity (Wildman–Crippen MR) is 71.1 cm³/mol. The highest BCUT2D eigenvalue weighted by molar-refractivity contribution is 7.93. The highest BCUT2D eigenvalue weighted by Crippen LogP contribution is 2.29. The fourth-order valence-corrected chi connectivity index (χ4v) is 4.79. The number of nitrogens with one attached hydrogen (secondary N) is 1. The summed E-state index contributed by atoms with van der Waals surface area (Å²) in [6, 6.07) is 1.62. The second-order valence-electron chi connectivity index (χ2n) is 3.50. The van der Waals surface area contributed by atoms with Crippen molar-refractivity contribution in [1.82, 2.24) is 0 Å². The van der Waals surface area contributed by atoms with Gasteiger partial charge >= 0.3 is 5.97 Å². The van der Waals surface area contributed by atoms with Crippen molar-refractivity contribution in [1.29, 1.82) is 0 Å². The molecule has 2 aromatic rings. The van der Waals surface area contributed by atoms with Gasteiger partial charge in [-0.2, -0.15) is 11.3 Å². The highest BCUT2D eigenvalue weighted by Gasteiger charge is 2.26. The first-order valence-electron chi connectivity index (χ1n) is 4.78. The summed E-state index contributed by atoms with van der Waals surface area (Å²) in [5, 5.41) is 13.9. The minimum Gasteiger partial charge on any atom is -0.477 e. The summed E-state index contributed by atoms with van der Waals surface area (Å²) in [6.07, 6.45) is 0. The molecule has 2 heterocycles. The molecule has 0 amide bonds. The van der Waals surface area contributed by atoms with Gasteiger partial charge in [0, 0.05) is 5.38 Å². The Bertz CT molecular complexity index is 670. The molecule has 2 aromatic heterocycles. The van der Waals surface area contributed by atoms with Crippen molar-refractivity contribution in [3.8, 4) is 0 Å². The van der Waals surface area contributed by atoms with E-state index in [1.54, 1.807) is 23.8 Å². The smallest absolute Gasteiger partial charge is 0.347 e. The molecule has 0 spiro atoms. The van der Waals surface area contributed by atoms with Crippen molar-refractivity contribution >= 4 is 44.4 Å². The first-order valence-corrected chi connectivity index (χ1v) is 8.09. The van der Waals surface area contributed by atoms with E-state index in [4.69, 9.17) is 5.11 Å². The van der Waals surface area contributed by atoms with E-state index in [1.807, 2.05) is 0 Å². The Morgan fingerprint density at radius 3 is 2.67 bits per heavy atom. The maximum absolute atomic E-state index is 12.1. The predicted octanol–water partition coefficient (Wildman–Crippen LogP) is 2.62. The van der Waals surface area contributed by atoms with Crippen LogP contribution in [-0.4, -0.2) is 19.5 Å². The van der Waals surface area contributed by atoms with Gasteiger partial charge in [-0.25, -0.2) is 13.2 Å². The second-order valence-corrected chi connectivity index (χ2v) is 6.78. The third-order valence-electron chi connectivity index (χ3n) is 2.15. The molecule has 0 saturated carbocycles. The van der Waals surface area contributed by atoms with Crippen molar-refractivity contribution in [3.05, 3.63) is 32.6 Å². The summed E-state index contributed by atoms with van der Waals surface area (Å²) in [5.41, 5.74) is 0.863. The summed E-state index contributed by atoms with van der Waals surface area (Å²) in [5.74, 6) is -1.24. The monoisotopic (exact) mass is 303 g/mol. The van der Waals surface area contributed by atoms with Crippen LogP contribution in [0.2, 0.25) is 0 Å². The molecular formula is C10H9NO4S3. The summed E-state index contributed by atoms with van der Waals surface area (Å²) in [7, 11) is -3.86. The number of carboxylic acids is 1. The van der Waals surface area contributed by atoms with Gasteiger partial charge in [0.25, 0.3) is 10.0 Å². The van der Waals surface area contributed by atoms with Gasteiger partial charge < -0.3 is 5.11 Å². The molecule has 0 saturated heterocycles. The minimum atomic E-state index is -3.86. The Hall–Kier alpha value is -1.38. The number of aromatic carboxylic acids is 1. The number of thiophene rings is 2. The van der Waals surface area contributed by atoms with Crippen molar-refractivity contribution in [2.24, 2.45) is 0 Å². The summed E-state index contributed by atoms with van der Waals surface area (Å²) in [6.45, 7) is 1.57. The van der Waals surface area contributed by atoms with Crippen LogP contribution in [0.1, 0.15) is 15.2 Å². The van der Waals surface area contributed by atoms with E-state index in [9.17, 15) is 13.2 Å². The molecule has 8 heteroatoms. The number of carboxylic acid groups (broad SMARTS) is 1. The van der Waals surface area contributed by atoms with E-state index in [2.05, 4.69) is 4.72 Å².